The highest BCUT2D eigenvalue weighted by atomic mass is 16.5. The molecular weight excluding hydrogens is 188 g/mol. The molecule has 4 unspecified atom stereocenters. The van der Waals surface area contributed by atoms with Gasteiger partial charge in [-0.25, -0.2) is 0 Å². The first-order valence-electron chi connectivity index (χ1n) is 6.15. The third-order valence-electron chi connectivity index (χ3n) is 4.52. The van der Waals surface area contributed by atoms with E-state index >= 15 is 0 Å². The van der Waals surface area contributed by atoms with E-state index in [1.54, 1.807) is 0 Å². The summed E-state index contributed by atoms with van der Waals surface area (Å²) in [5.41, 5.74) is 6.37. The molecule has 0 saturated carbocycles. The van der Waals surface area contributed by atoms with Crippen molar-refractivity contribution >= 4 is 0 Å². The SMILES string of the molecule is CC1C(N)CCN(C2(C)CCOC2)C1C. The lowest BCUT2D eigenvalue weighted by Crippen LogP contribution is -2.60. The van der Waals surface area contributed by atoms with Gasteiger partial charge in [0, 0.05) is 30.8 Å². The van der Waals surface area contributed by atoms with Crippen LogP contribution in [-0.2, 0) is 4.74 Å². The molecule has 2 saturated heterocycles. The molecule has 15 heavy (non-hydrogen) atoms. The quantitative estimate of drug-likeness (QED) is 0.710. The Bertz CT molecular complexity index is 226. The van der Waals surface area contributed by atoms with Crippen molar-refractivity contribution in [2.24, 2.45) is 11.7 Å². The summed E-state index contributed by atoms with van der Waals surface area (Å²) in [6.07, 6.45) is 2.29. The second-order valence-electron chi connectivity index (χ2n) is 5.55. The Balaban J connectivity index is 2.09. The maximum Gasteiger partial charge on any atom is 0.0648 e. The fraction of sp³-hybridized carbons (Fsp3) is 1.00. The molecule has 0 aliphatic carbocycles. The Morgan fingerprint density at radius 3 is 2.73 bits per heavy atom. The van der Waals surface area contributed by atoms with Crippen LogP contribution < -0.4 is 5.73 Å². The van der Waals surface area contributed by atoms with Crippen LogP contribution in [0, 0.1) is 5.92 Å². The molecule has 2 fully saturated rings. The molecule has 88 valence electrons. The average molecular weight is 212 g/mol. The van der Waals surface area contributed by atoms with Gasteiger partial charge in [-0.3, -0.25) is 4.90 Å². The molecule has 2 aliphatic rings. The van der Waals surface area contributed by atoms with Crippen LogP contribution in [-0.4, -0.2) is 42.3 Å². The minimum atomic E-state index is 0.258. The highest BCUT2D eigenvalue weighted by Gasteiger charge is 2.42. The largest absolute Gasteiger partial charge is 0.379 e. The van der Waals surface area contributed by atoms with Crippen LogP contribution in [0.4, 0.5) is 0 Å². The van der Waals surface area contributed by atoms with Gasteiger partial charge in [-0.1, -0.05) is 6.92 Å². The first-order valence-corrected chi connectivity index (χ1v) is 6.15. The number of rotatable bonds is 1. The molecule has 2 aliphatic heterocycles. The molecule has 2 N–H and O–H groups in total. The smallest absolute Gasteiger partial charge is 0.0648 e. The van der Waals surface area contributed by atoms with Gasteiger partial charge in [-0.05, 0) is 32.6 Å². The molecule has 0 spiro atoms. The minimum absolute atomic E-state index is 0.258. The lowest BCUT2D eigenvalue weighted by Gasteiger charge is -2.49. The Hall–Kier alpha value is -0.120. The zero-order valence-electron chi connectivity index (χ0n) is 10.2. The van der Waals surface area contributed by atoms with Gasteiger partial charge in [-0.2, -0.15) is 0 Å². The van der Waals surface area contributed by atoms with E-state index in [4.69, 9.17) is 10.5 Å². The number of likely N-dealkylation sites (tertiary alicyclic amines) is 1. The van der Waals surface area contributed by atoms with E-state index in [0.717, 1.165) is 26.2 Å². The normalized spacial score (nSPS) is 48.4. The van der Waals surface area contributed by atoms with Crippen LogP contribution >= 0.6 is 0 Å². The van der Waals surface area contributed by atoms with Crippen molar-refractivity contribution in [3.05, 3.63) is 0 Å². The van der Waals surface area contributed by atoms with Gasteiger partial charge in [0.15, 0.2) is 0 Å². The van der Waals surface area contributed by atoms with Gasteiger partial charge >= 0.3 is 0 Å². The molecular formula is C12H24N2O. The summed E-state index contributed by atoms with van der Waals surface area (Å²) in [7, 11) is 0. The van der Waals surface area contributed by atoms with E-state index in [1.165, 1.54) is 6.42 Å². The third-order valence-corrected chi connectivity index (χ3v) is 4.52. The van der Waals surface area contributed by atoms with Gasteiger partial charge in [0.25, 0.3) is 0 Å². The van der Waals surface area contributed by atoms with E-state index in [1.807, 2.05) is 0 Å². The van der Waals surface area contributed by atoms with Crippen molar-refractivity contribution in [2.45, 2.75) is 51.2 Å². The van der Waals surface area contributed by atoms with Crippen LogP contribution in [0.1, 0.15) is 33.6 Å². The van der Waals surface area contributed by atoms with Crippen LogP contribution in [0.3, 0.4) is 0 Å². The summed E-state index contributed by atoms with van der Waals surface area (Å²) >= 11 is 0. The Morgan fingerprint density at radius 2 is 2.13 bits per heavy atom. The van der Waals surface area contributed by atoms with E-state index < -0.39 is 0 Å². The highest BCUT2D eigenvalue weighted by molar-refractivity contribution is 4.97. The standard InChI is InChI=1S/C12H24N2O/c1-9-10(2)14(6-4-11(9)13)12(3)5-7-15-8-12/h9-11H,4-8,13H2,1-3H3. The maximum absolute atomic E-state index is 6.11. The first-order chi connectivity index (χ1) is 7.04. The second-order valence-corrected chi connectivity index (χ2v) is 5.55. The monoisotopic (exact) mass is 212 g/mol. The summed E-state index contributed by atoms with van der Waals surface area (Å²) < 4.78 is 5.55. The second kappa shape index (κ2) is 4.04. The van der Waals surface area contributed by atoms with Gasteiger partial charge in [0.2, 0.25) is 0 Å². The zero-order chi connectivity index (χ0) is 11.1. The molecule has 3 nitrogen and oxygen atoms in total. The molecule has 0 aromatic carbocycles. The summed E-state index contributed by atoms with van der Waals surface area (Å²) in [6, 6.07) is 0.961. The fourth-order valence-electron chi connectivity index (χ4n) is 3.04. The van der Waals surface area contributed by atoms with E-state index in [-0.39, 0.29) is 5.54 Å². The predicted molar refractivity (Wildman–Crippen MR) is 61.8 cm³/mol. The summed E-state index contributed by atoms with van der Waals surface area (Å²) in [6.45, 7) is 9.86. The van der Waals surface area contributed by atoms with Crippen LogP contribution in [0.25, 0.3) is 0 Å². The lowest BCUT2D eigenvalue weighted by molar-refractivity contribution is -0.00349. The first kappa shape index (κ1) is 11.4. The molecule has 2 rings (SSSR count). The van der Waals surface area contributed by atoms with Crippen LogP contribution in [0.15, 0.2) is 0 Å². The predicted octanol–water partition coefficient (Wildman–Crippen LogP) is 1.22. The number of ether oxygens (including phenoxy) is 1. The Labute approximate surface area is 93.0 Å². The Morgan fingerprint density at radius 1 is 1.40 bits per heavy atom. The van der Waals surface area contributed by atoms with Gasteiger partial charge in [-0.15, -0.1) is 0 Å². The fourth-order valence-corrected chi connectivity index (χ4v) is 3.04. The molecule has 0 radical (unpaired) electrons. The molecule has 4 atom stereocenters. The maximum atomic E-state index is 6.11. The van der Waals surface area contributed by atoms with Crippen molar-refractivity contribution in [1.82, 2.24) is 4.90 Å². The van der Waals surface area contributed by atoms with Crippen LogP contribution in [0.5, 0.6) is 0 Å². The van der Waals surface area contributed by atoms with Gasteiger partial charge in [0.05, 0.1) is 6.61 Å². The highest BCUT2D eigenvalue weighted by Crippen LogP contribution is 2.33. The lowest BCUT2D eigenvalue weighted by atomic mass is 9.83. The van der Waals surface area contributed by atoms with Crippen LogP contribution in [0.2, 0.25) is 0 Å². The van der Waals surface area contributed by atoms with Crippen molar-refractivity contribution < 1.29 is 4.74 Å². The topological polar surface area (TPSA) is 38.5 Å². The van der Waals surface area contributed by atoms with Crippen molar-refractivity contribution in [2.75, 3.05) is 19.8 Å². The molecule has 0 amide bonds. The molecule has 0 bridgehead atoms. The Kier molecular flexibility index (Phi) is 3.06. The molecule has 3 heteroatoms. The van der Waals surface area contributed by atoms with E-state index in [2.05, 4.69) is 25.7 Å². The summed E-state index contributed by atoms with van der Waals surface area (Å²) in [4.78, 5) is 2.62. The summed E-state index contributed by atoms with van der Waals surface area (Å²) in [5.74, 6) is 0.594. The number of nitrogens with two attached hydrogens (primary N) is 1. The molecule has 0 aromatic rings. The summed E-state index contributed by atoms with van der Waals surface area (Å²) in [5, 5.41) is 0. The molecule has 2 heterocycles. The van der Waals surface area contributed by atoms with Gasteiger partial charge in [0.1, 0.15) is 0 Å². The number of hydrogen-bond donors (Lipinski definition) is 1. The minimum Gasteiger partial charge on any atom is -0.379 e. The van der Waals surface area contributed by atoms with Gasteiger partial charge < -0.3 is 10.5 Å². The molecule has 0 aromatic heterocycles. The van der Waals surface area contributed by atoms with Crippen molar-refractivity contribution in [3.8, 4) is 0 Å². The third kappa shape index (κ3) is 1.93. The van der Waals surface area contributed by atoms with Crippen molar-refractivity contribution in [3.63, 3.8) is 0 Å². The average Bonchev–Trinajstić information content (AvgIpc) is 2.62. The van der Waals surface area contributed by atoms with Crippen molar-refractivity contribution in [1.29, 1.82) is 0 Å². The van der Waals surface area contributed by atoms with E-state index in [9.17, 15) is 0 Å². The zero-order valence-corrected chi connectivity index (χ0v) is 10.2. The number of nitrogens with zero attached hydrogens (tertiary/aromatic N) is 1. The van der Waals surface area contributed by atoms with E-state index in [0.29, 0.717) is 18.0 Å². The number of hydrogen-bond acceptors (Lipinski definition) is 3. The number of piperidine rings is 1.